The fraction of sp³-hybridized carbons (Fsp3) is 0.167. The summed E-state index contributed by atoms with van der Waals surface area (Å²) in [6.45, 7) is 7.50. The van der Waals surface area contributed by atoms with E-state index in [4.69, 9.17) is 4.42 Å². The third-order valence-electron chi connectivity index (χ3n) is 5.21. The molecule has 31 heavy (non-hydrogen) atoms. The highest BCUT2D eigenvalue weighted by Crippen LogP contribution is 2.30. The van der Waals surface area contributed by atoms with E-state index in [0.29, 0.717) is 22.7 Å². The van der Waals surface area contributed by atoms with Gasteiger partial charge in [-0.15, -0.1) is 0 Å². The number of hydrogen-bond acceptors (Lipinski definition) is 5. The first kappa shape index (κ1) is 20.3. The Morgan fingerprint density at radius 2 is 1.74 bits per heavy atom. The quantitative estimate of drug-likeness (QED) is 0.331. The summed E-state index contributed by atoms with van der Waals surface area (Å²) in [7, 11) is 0. The Balaban J connectivity index is 1.66. The number of benzene rings is 3. The maximum absolute atomic E-state index is 12.8. The second kappa shape index (κ2) is 7.68. The van der Waals surface area contributed by atoms with Gasteiger partial charge in [0.25, 0.3) is 11.6 Å². The van der Waals surface area contributed by atoms with Crippen LogP contribution in [0, 0.1) is 37.8 Å². The van der Waals surface area contributed by atoms with Gasteiger partial charge in [0.05, 0.1) is 4.92 Å². The molecular formula is C24H21N3O4. The largest absolute Gasteiger partial charge is 0.436 e. The zero-order chi connectivity index (χ0) is 22.3. The average Bonchev–Trinajstić information content (AvgIpc) is 3.13. The minimum absolute atomic E-state index is 0.0174. The van der Waals surface area contributed by atoms with Crippen molar-refractivity contribution >= 4 is 28.4 Å². The highest BCUT2D eigenvalue weighted by atomic mass is 16.6. The zero-order valence-electron chi connectivity index (χ0n) is 17.6. The number of fused-ring (bicyclic) bond motifs is 1. The number of anilines is 1. The van der Waals surface area contributed by atoms with Gasteiger partial charge in [0, 0.05) is 28.4 Å². The molecule has 0 atom stereocenters. The molecule has 0 aliphatic carbocycles. The lowest BCUT2D eigenvalue weighted by atomic mass is 10.1. The molecule has 4 rings (SSSR count). The van der Waals surface area contributed by atoms with Gasteiger partial charge in [0.2, 0.25) is 5.89 Å². The predicted octanol–water partition coefficient (Wildman–Crippen LogP) is 5.89. The molecule has 0 saturated heterocycles. The summed E-state index contributed by atoms with van der Waals surface area (Å²) in [4.78, 5) is 27.9. The predicted molar refractivity (Wildman–Crippen MR) is 119 cm³/mol. The molecule has 0 spiro atoms. The summed E-state index contributed by atoms with van der Waals surface area (Å²) < 4.78 is 5.99. The molecule has 156 valence electrons. The second-order valence-corrected chi connectivity index (χ2v) is 7.69. The summed E-state index contributed by atoms with van der Waals surface area (Å²) in [5.74, 6) is 0.132. The van der Waals surface area contributed by atoms with E-state index in [9.17, 15) is 14.9 Å². The van der Waals surface area contributed by atoms with Crippen molar-refractivity contribution in [1.82, 2.24) is 4.98 Å². The molecule has 0 unspecified atom stereocenters. The second-order valence-electron chi connectivity index (χ2n) is 7.69. The molecule has 1 N–H and O–H groups in total. The summed E-state index contributed by atoms with van der Waals surface area (Å²) in [6.07, 6.45) is 0. The fourth-order valence-electron chi connectivity index (χ4n) is 3.59. The maximum atomic E-state index is 12.8. The Morgan fingerprint density at radius 3 is 2.45 bits per heavy atom. The monoisotopic (exact) mass is 415 g/mol. The van der Waals surface area contributed by atoms with Gasteiger partial charge in [-0.25, -0.2) is 4.98 Å². The van der Waals surface area contributed by atoms with E-state index in [1.54, 1.807) is 6.92 Å². The van der Waals surface area contributed by atoms with Crippen LogP contribution in [-0.4, -0.2) is 15.8 Å². The number of nitrogens with one attached hydrogen (secondary N) is 1. The first-order valence-corrected chi connectivity index (χ1v) is 9.78. The molecule has 7 heteroatoms. The number of nitro groups is 1. The van der Waals surface area contributed by atoms with E-state index in [2.05, 4.69) is 10.3 Å². The number of hydrogen-bond donors (Lipinski definition) is 1. The molecule has 0 radical (unpaired) electrons. The smallest absolute Gasteiger partial charge is 0.272 e. The van der Waals surface area contributed by atoms with Crippen LogP contribution in [0.3, 0.4) is 0 Å². The van der Waals surface area contributed by atoms with Crippen LogP contribution in [0.4, 0.5) is 11.4 Å². The molecule has 1 heterocycles. The number of nitrogens with zero attached hydrogens (tertiary/aromatic N) is 2. The molecule has 0 fully saturated rings. The van der Waals surface area contributed by atoms with E-state index in [0.717, 1.165) is 33.4 Å². The fourth-order valence-corrected chi connectivity index (χ4v) is 3.59. The molecule has 0 aliphatic rings. The lowest BCUT2D eigenvalue weighted by molar-refractivity contribution is -0.385. The summed E-state index contributed by atoms with van der Waals surface area (Å²) in [6, 6.07) is 13.9. The Labute approximate surface area is 178 Å². The summed E-state index contributed by atoms with van der Waals surface area (Å²) in [5.41, 5.74) is 6.66. The Hall–Kier alpha value is -4.00. The third kappa shape index (κ3) is 3.90. The summed E-state index contributed by atoms with van der Waals surface area (Å²) in [5, 5.41) is 13.9. The molecule has 4 aromatic rings. The van der Waals surface area contributed by atoms with Crippen molar-refractivity contribution in [3.8, 4) is 11.5 Å². The van der Waals surface area contributed by atoms with Gasteiger partial charge in [0.1, 0.15) is 5.52 Å². The van der Waals surface area contributed by atoms with Gasteiger partial charge in [-0.05, 0) is 74.7 Å². The number of amides is 1. The molecular weight excluding hydrogens is 394 g/mol. The minimum Gasteiger partial charge on any atom is -0.436 e. The average molecular weight is 415 g/mol. The normalized spacial score (nSPS) is 11.0. The van der Waals surface area contributed by atoms with Crippen LogP contribution in [0.15, 0.2) is 52.9 Å². The van der Waals surface area contributed by atoms with Gasteiger partial charge in [-0.1, -0.05) is 12.1 Å². The van der Waals surface area contributed by atoms with Crippen LogP contribution in [0.25, 0.3) is 22.6 Å². The number of aromatic nitrogens is 1. The highest BCUT2D eigenvalue weighted by molar-refractivity contribution is 6.05. The van der Waals surface area contributed by atoms with Crippen LogP contribution in [0.1, 0.15) is 32.6 Å². The molecule has 1 amide bonds. The number of nitro benzene ring substituents is 1. The van der Waals surface area contributed by atoms with Crippen LogP contribution < -0.4 is 5.32 Å². The van der Waals surface area contributed by atoms with Crippen molar-refractivity contribution in [3.63, 3.8) is 0 Å². The van der Waals surface area contributed by atoms with Gasteiger partial charge in [-0.3, -0.25) is 14.9 Å². The Kier molecular flexibility index (Phi) is 5.02. The van der Waals surface area contributed by atoms with Gasteiger partial charge < -0.3 is 9.73 Å². The lowest BCUT2D eigenvalue weighted by Crippen LogP contribution is -2.13. The van der Waals surface area contributed by atoms with E-state index in [1.165, 1.54) is 18.2 Å². The third-order valence-corrected chi connectivity index (χ3v) is 5.21. The van der Waals surface area contributed by atoms with Crippen molar-refractivity contribution in [1.29, 1.82) is 0 Å². The number of carbonyl (C=O) groups is 1. The number of aryl methyl sites for hydroxylation is 4. The first-order valence-electron chi connectivity index (χ1n) is 9.78. The van der Waals surface area contributed by atoms with Crippen LogP contribution in [0.2, 0.25) is 0 Å². The standard InChI is InChI=1S/C24H21N3O4/c1-13-9-16(4)22-20(10-13)26-24(31-22)18-6-5-14(2)19(12-18)25-23(28)17-7-8-21(27(29)30)15(3)11-17/h5-12H,1-4H3,(H,25,28). The minimum atomic E-state index is -0.464. The number of oxazole rings is 1. The van der Waals surface area contributed by atoms with E-state index >= 15 is 0 Å². The number of rotatable bonds is 4. The van der Waals surface area contributed by atoms with Gasteiger partial charge in [0.15, 0.2) is 5.58 Å². The lowest BCUT2D eigenvalue weighted by Gasteiger charge is -2.10. The Morgan fingerprint density at radius 1 is 0.968 bits per heavy atom. The molecule has 1 aromatic heterocycles. The topological polar surface area (TPSA) is 98.3 Å². The zero-order valence-corrected chi connectivity index (χ0v) is 17.6. The summed E-state index contributed by atoms with van der Waals surface area (Å²) >= 11 is 0. The van der Waals surface area contributed by atoms with Crippen molar-refractivity contribution in [3.05, 3.63) is 86.5 Å². The van der Waals surface area contributed by atoms with Gasteiger partial charge in [-0.2, -0.15) is 0 Å². The van der Waals surface area contributed by atoms with Crippen LogP contribution >= 0.6 is 0 Å². The molecule has 0 bridgehead atoms. The highest BCUT2D eigenvalue weighted by Gasteiger charge is 2.16. The van der Waals surface area contributed by atoms with Crippen LogP contribution in [-0.2, 0) is 0 Å². The van der Waals surface area contributed by atoms with E-state index in [1.807, 2.05) is 51.1 Å². The van der Waals surface area contributed by atoms with Crippen LogP contribution in [0.5, 0.6) is 0 Å². The van der Waals surface area contributed by atoms with Crippen molar-refractivity contribution < 1.29 is 14.1 Å². The molecule has 0 saturated carbocycles. The number of carbonyl (C=O) groups excluding carboxylic acids is 1. The van der Waals surface area contributed by atoms with E-state index in [-0.39, 0.29) is 11.6 Å². The van der Waals surface area contributed by atoms with Gasteiger partial charge >= 0.3 is 0 Å². The molecule has 0 aliphatic heterocycles. The molecule has 7 nitrogen and oxygen atoms in total. The van der Waals surface area contributed by atoms with Crippen molar-refractivity contribution in [2.45, 2.75) is 27.7 Å². The first-order chi connectivity index (χ1) is 14.7. The maximum Gasteiger partial charge on any atom is 0.272 e. The molecule has 3 aromatic carbocycles. The van der Waals surface area contributed by atoms with Crippen molar-refractivity contribution in [2.75, 3.05) is 5.32 Å². The SMILES string of the molecule is Cc1cc(C)c2oc(-c3ccc(C)c(NC(=O)c4ccc([N+](=O)[O-])c(C)c4)c3)nc2c1. The van der Waals surface area contributed by atoms with Crippen molar-refractivity contribution in [2.24, 2.45) is 0 Å². The Bertz CT molecular complexity index is 1350. The van der Waals surface area contributed by atoms with E-state index < -0.39 is 4.92 Å².